The van der Waals surface area contributed by atoms with Crippen LogP contribution in [0.15, 0.2) is 24.3 Å². The molecule has 0 heterocycles. The summed E-state index contributed by atoms with van der Waals surface area (Å²) < 4.78 is 0. The van der Waals surface area contributed by atoms with Gasteiger partial charge in [-0.05, 0) is 87.1 Å². The molecule has 25 heavy (non-hydrogen) atoms. The van der Waals surface area contributed by atoms with Crippen molar-refractivity contribution in [1.29, 1.82) is 0 Å². The van der Waals surface area contributed by atoms with Crippen LogP contribution in [0.3, 0.4) is 0 Å². The minimum absolute atomic E-state index is 0. The van der Waals surface area contributed by atoms with Gasteiger partial charge in [0, 0.05) is 27.3 Å². The van der Waals surface area contributed by atoms with Crippen LogP contribution in [-0.4, -0.2) is 22.2 Å². The molecule has 0 bridgehead atoms. The molecule has 0 fully saturated rings. The van der Waals surface area contributed by atoms with E-state index in [1.165, 1.54) is 0 Å². The zero-order valence-corrected chi connectivity index (χ0v) is 19.8. The molecule has 0 amide bonds. The van der Waals surface area contributed by atoms with Crippen LogP contribution in [0.4, 0.5) is 0 Å². The Labute approximate surface area is 169 Å². The zero-order valence-electron chi connectivity index (χ0n) is 15.7. The number of carboxylic acids is 2. The first-order valence-electron chi connectivity index (χ1n) is 7.68. The minimum atomic E-state index is -0.851. The minimum Gasteiger partial charge on any atom is -0.478 e. The number of aromatic carboxylic acids is 2. The van der Waals surface area contributed by atoms with Gasteiger partial charge >= 0.3 is 11.9 Å². The summed E-state index contributed by atoms with van der Waals surface area (Å²) in [5, 5.41) is 17.6. The van der Waals surface area contributed by atoms with E-state index in [1.807, 2.05) is 53.7 Å². The summed E-state index contributed by atoms with van der Waals surface area (Å²) in [6.07, 6.45) is 0. The summed E-state index contributed by atoms with van der Waals surface area (Å²) in [4.78, 5) is 21.4. The van der Waals surface area contributed by atoms with Crippen molar-refractivity contribution in [1.82, 2.24) is 0 Å². The molecule has 0 aliphatic heterocycles. The predicted molar refractivity (Wildman–Crippen MR) is 95.2 cm³/mol. The van der Waals surface area contributed by atoms with E-state index in [4.69, 9.17) is 10.2 Å². The third kappa shape index (κ3) is 5.66. The maximum Gasteiger partial charge on any atom is 0.335 e. The van der Waals surface area contributed by atoms with E-state index in [1.54, 1.807) is 12.1 Å². The number of benzene rings is 2. The first-order valence-corrected chi connectivity index (χ1v) is 7.68. The normalized spacial score (nSPS) is 9.52. The van der Waals surface area contributed by atoms with Crippen LogP contribution >= 0.6 is 0 Å². The third-order valence-electron chi connectivity index (χ3n) is 4.58. The van der Waals surface area contributed by atoms with Gasteiger partial charge in [-0.15, -0.1) is 0 Å². The first kappa shape index (κ1) is 23.3. The van der Waals surface area contributed by atoms with Gasteiger partial charge in [0.25, 0.3) is 0 Å². The second-order valence-corrected chi connectivity index (χ2v) is 5.97. The van der Waals surface area contributed by atoms with E-state index in [2.05, 4.69) is 0 Å². The van der Waals surface area contributed by atoms with Crippen LogP contribution in [0.2, 0.25) is 0 Å². The van der Waals surface area contributed by atoms with E-state index >= 15 is 0 Å². The molecule has 0 spiro atoms. The van der Waals surface area contributed by atoms with Crippen molar-refractivity contribution in [2.75, 3.05) is 0 Å². The molecule has 2 rings (SSSR count). The Morgan fingerprint density at radius 2 is 0.880 bits per heavy atom. The Hall–Kier alpha value is -1.70. The van der Waals surface area contributed by atoms with Crippen LogP contribution in [-0.2, 0) is 27.3 Å². The van der Waals surface area contributed by atoms with E-state index in [9.17, 15) is 9.59 Å². The number of carbonyl (C=O) groups is 2. The fraction of sp³-hybridized carbons (Fsp3) is 0.300. The summed E-state index contributed by atoms with van der Waals surface area (Å²) >= 11 is 0. The van der Waals surface area contributed by atoms with Gasteiger partial charge in [-0.25, -0.2) is 9.59 Å². The van der Waals surface area contributed by atoms with Crippen LogP contribution < -0.4 is 0 Å². The van der Waals surface area contributed by atoms with Crippen LogP contribution in [0.5, 0.6) is 0 Å². The molecule has 0 saturated carbocycles. The summed E-state index contributed by atoms with van der Waals surface area (Å²) in [5.41, 5.74) is 6.93. The first-order chi connectivity index (χ1) is 11.1. The van der Waals surface area contributed by atoms with Crippen LogP contribution in [0, 0.1) is 41.5 Å². The molecular formula is C20H24CdO4. The summed E-state index contributed by atoms with van der Waals surface area (Å²) in [6, 6.07) is 6.98. The van der Waals surface area contributed by atoms with Crippen molar-refractivity contribution < 1.29 is 47.1 Å². The maximum atomic E-state index is 10.7. The van der Waals surface area contributed by atoms with Gasteiger partial charge in [-0.2, -0.15) is 0 Å². The standard InChI is InChI=1S/2C10H12O2.Cd/c2*1-6-4-5-9(10(11)12)8(3)7(6)2;/h2*4-5H,1-3H3,(H,11,12);. The molecule has 2 aromatic rings. The van der Waals surface area contributed by atoms with Crippen molar-refractivity contribution in [2.24, 2.45) is 0 Å². The van der Waals surface area contributed by atoms with Gasteiger partial charge in [-0.1, -0.05) is 12.1 Å². The summed E-state index contributed by atoms with van der Waals surface area (Å²) in [7, 11) is 0. The largest absolute Gasteiger partial charge is 0.478 e. The molecular weight excluding hydrogens is 417 g/mol. The fourth-order valence-electron chi connectivity index (χ4n) is 2.38. The number of rotatable bonds is 2. The second kappa shape index (κ2) is 9.70. The molecule has 0 aromatic heterocycles. The Kier molecular flexibility index (Phi) is 9.04. The Morgan fingerprint density at radius 3 is 1.12 bits per heavy atom. The van der Waals surface area contributed by atoms with Crippen LogP contribution in [0.25, 0.3) is 0 Å². The van der Waals surface area contributed by atoms with E-state index < -0.39 is 11.9 Å². The Bertz CT molecular complexity index is 727. The van der Waals surface area contributed by atoms with Crippen LogP contribution in [0.1, 0.15) is 54.1 Å². The van der Waals surface area contributed by atoms with Gasteiger partial charge in [-0.3, -0.25) is 0 Å². The quantitative estimate of drug-likeness (QED) is 0.668. The van der Waals surface area contributed by atoms with Crippen molar-refractivity contribution in [3.63, 3.8) is 0 Å². The number of carboxylic acid groups (broad SMARTS) is 2. The average molecular weight is 441 g/mol. The molecule has 5 heteroatoms. The Morgan fingerprint density at radius 1 is 0.600 bits per heavy atom. The van der Waals surface area contributed by atoms with Gasteiger partial charge in [0.1, 0.15) is 0 Å². The van der Waals surface area contributed by atoms with Gasteiger partial charge in [0.15, 0.2) is 0 Å². The van der Waals surface area contributed by atoms with Gasteiger partial charge < -0.3 is 10.2 Å². The molecule has 4 nitrogen and oxygen atoms in total. The van der Waals surface area contributed by atoms with Gasteiger partial charge in [0.05, 0.1) is 11.1 Å². The second-order valence-electron chi connectivity index (χ2n) is 5.97. The van der Waals surface area contributed by atoms with E-state index in [0.717, 1.165) is 33.4 Å². The Balaban J connectivity index is 0.000000443. The molecule has 0 saturated heterocycles. The molecule has 0 aliphatic carbocycles. The van der Waals surface area contributed by atoms with Gasteiger partial charge in [0.2, 0.25) is 0 Å². The third-order valence-corrected chi connectivity index (χ3v) is 4.58. The van der Waals surface area contributed by atoms with E-state index in [-0.39, 0.29) is 27.3 Å². The maximum absolute atomic E-state index is 10.7. The number of hydrogen-bond acceptors (Lipinski definition) is 2. The predicted octanol–water partition coefficient (Wildman–Crippen LogP) is 4.62. The number of aryl methyl sites for hydroxylation is 2. The monoisotopic (exact) mass is 442 g/mol. The summed E-state index contributed by atoms with van der Waals surface area (Å²) in [6.45, 7) is 11.5. The van der Waals surface area contributed by atoms with Crippen molar-refractivity contribution >= 4 is 11.9 Å². The molecule has 130 valence electrons. The fourth-order valence-corrected chi connectivity index (χ4v) is 2.38. The van der Waals surface area contributed by atoms with Crippen molar-refractivity contribution in [2.45, 2.75) is 41.5 Å². The van der Waals surface area contributed by atoms with Crippen molar-refractivity contribution in [3.8, 4) is 0 Å². The topological polar surface area (TPSA) is 74.6 Å². The average Bonchev–Trinajstić information content (AvgIpc) is 2.50. The molecule has 0 unspecified atom stereocenters. The van der Waals surface area contributed by atoms with E-state index in [0.29, 0.717) is 11.1 Å². The smallest absolute Gasteiger partial charge is 0.335 e. The molecule has 2 aromatic carbocycles. The zero-order chi connectivity index (χ0) is 18.6. The summed E-state index contributed by atoms with van der Waals surface area (Å²) in [5.74, 6) is -1.70. The molecule has 0 radical (unpaired) electrons. The molecule has 2 N–H and O–H groups in total. The SMILES string of the molecule is Cc1ccc(C(=O)O)c(C)c1C.Cc1ccc(C(=O)O)c(C)c1C.[Cd]. The molecule has 0 aliphatic rings. The van der Waals surface area contributed by atoms with Crippen molar-refractivity contribution in [3.05, 3.63) is 68.8 Å². The molecule has 0 atom stereocenters. The number of hydrogen-bond donors (Lipinski definition) is 2.